The number of nitrogens with zero attached hydrogens (tertiary/aromatic N) is 1. The maximum Gasteiger partial charge on any atom is 0.336 e. The van der Waals surface area contributed by atoms with Crippen LogP contribution in [0.15, 0.2) is 78.4 Å². The van der Waals surface area contributed by atoms with E-state index in [2.05, 4.69) is 23.5 Å². The van der Waals surface area contributed by atoms with E-state index in [-0.39, 0.29) is 24.1 Å². The third-order valence-electron chi connectivity index (χ3n) is 6.67. The fraction of sp³-hybridized carbons (Fsp3) is 0.259. The summed E-state index contributed by atoms with van der Waals surface area (Å²) in [4.78, 5) is 28.0. The fourth-order valence-electron chi connectivity index (χ4n) is 5.21. The number of hydrogen-bond donors (Lipinski definition) is 1. The van der Waals surface area contributed by atoms with Gasteiger partial charge in [0, 0.05) is 12.6 Å². The molecule has 32 heavy (non-hydrogen) atoms. The van der Waals surface area contributed by atoms with Gasteiger partial charge in [0.15, 0.2) is 0 Å². The molecule has 0 aromatic heterocycles. The van der Waals surface area contributed by atoms with Crippen LogP contribution in [0.4, 0.5) is 4.79 Å². The fourth-order valence-corrected chi connectivity index (χ4v) is 5.21. The highest BCUT2D eigenvalue weighted by atomic mass is 16.5. The lowest BCUT2D eigenvalue weighted by Crippen LogP contribution is -2.50. The number of nitrogens with one attached hydrogen (secondary N) is 1. The molecule has 1 fully saturated rings. The molecular formula is C27H26N2O3. The Bertz CT molecular complexity index is 1200. The minimum atomic E-state index is -0.346. The Morgan fingerprint density at radius 2 is 1.72 bits per heavy atom. The summed E-state index contributed by atoms with van der Waals surface area (Å²) in [6.45, 7) is 0.443. The number of methoxy groups -OCH3 is 1. The standard InChI is InChI=1S/C27H26N2O3/c1-32-26(30)25-23(19-8-3-2-4-9-19)16-21-14-15-24(25)29(21)27(31)28-17-20-12-7-11-18-10-5-6-13-22(18)20/h2-13,21,24H,14-17H2,1H3,(H,28,31)/t21-,24+/m0/s1. The van der Waals surface area contributed by atoms with Gasteiger partial charge in [-0.3, -0.25) is 0 Å². The first-order valence-electron chi connectivity index (χ1n) is 11.1. The molecule has 2 heterocycles. The van der Waals surface area contributed by atoms with Crippen LogP contribution in [0, 0.1) is 0 Å². The van der Waals surface area contributed by atoms with E-state index in [1.54, 1.807) is 0 Å². The lowest BCUT2D eigenvalue weighted by atomic mass is 9.88. The molecule has 5 nitrogen and oxygen atoms in total. The largest absolute Gasteiger partial charge is 0.466 e. The van der Waals surface area contributed by atoms with Crippen molar-refractivity contribution in [1.82, 2.24) is 10.2 Å². The lowest BCUT2D eigenvalue weighted by molar-refractivity contribution is -0.136. The topological polar surface area (TPSA) is 58.6 Å². The molecule has 3 aromatic rings. The van der Waals surface area contributed by atoms with Gasteiger partial charge in [-0.05, 0) is 46.7 Å². The molecule has 2 aliphatic heterocycles. The summed E-state index contributed by atoms with van der Waals surface area (Å²) >= 11 is 0. The predicted octanol–water partition coefficient (Wildman–Crippen LogP) is 4.91. The second kappa shape index (κ2) is 8.50. The monoisotopic (exact) mass is 426 g/mol. The molecule has 2 amide bonds. The molecule has 1 saturated heterocycles. The molecule has 0 saturated carbocycles. The van der Waals surface area contributed by atoms with Crippen molar-refractivity contribution < 1.29 is 14.3 Å². The number of fused-ring (bicyclic) bond motifs is 3. The number of esters is 1. The molecule has 0 aliphatic carbocycles. The van der Waals surface area contributed by atoms with Crippen molar-refractivity contribution in [3.63, 3.8) is 0 Å². The van der Waals surface area contributed by atoms with E-state index in [0.717, 1.165) is 40.3 Å². The van der Waals surface area contributed by atoms with E-state index in [9.17, 15) is 9.59 Å². The molecule has 162 valence electrons. The summed E-state index contributed by atoms with van der Waals surface area (Å²) in [5.74, 6) is -0.346. The molecule has 2 bridgehead atoms. The number of carbonyl (C=O) groups is 2. The van der Waals surface area contributed by atoms with Crippen LogP contribution in [0.2, 0.25) is 0 Å². The molecule has 2 atom stereocenters. The van der Waals surface area contributed by atoms with E-state index in [0.29, 0.717) is 18.5 Å². The molecule has 0 radical (unpaired) electrons. The molecule has 1 N–H and O–H groups in total. The molecule has 3 aromatic carbocycles. The maximum atomic E-state index is 13.3. The highest BCUT2D eigenvalue weighted by molar-refractivity contribution is 6.01. The summed E-state index contributed by atoms with van der Waals surface area (Å²) in [7, 11) is 1.41. The average Bonchev–Trinajstić information content (AvgIpc) is 3.15. The Morgan fingerprint density at radius 3 is 2.53 bits per heavy atom. The number of carbonyl (C=O) groups excluding carboxylic acids is 2. The van der Waals surface area contributed by atoms with Crippen LogP contribution in [0.25, 0.3) is 16.3 Å². The van der Waals surface area contributed by atoms with Crippen LogP contribution in [-0.4, -0.2) is 36.1 Å². The van der Waals surface area contributed by atoms with Gasteiger partial charge >= 0.3 is 12.0 Å². The van der Waals surface area contributed by atoms with Crippen LogP contribution in [0.5, 0.6) is 0 Å². The molecular weight excluding hydrogens is 400 g/mol. The first-order chi connectivity index (χ1) is 15.7. The van der Waals surface area contributed by atoms with Gasteiger partial charge in [-0.25, -0.2) is 9.59 Å². The summed E-state index contributed by atoms with van der Waals surface area (Å²) < 4.78 is 5.14. The Morgan fingerprint density at radius 1 is 0.969 bits per heavy atom. The van der Waals surface area contributed by atoms with Crippen molar-refractivity contribution in [1.29, 1.82) is 0 Å². The quantitative estimate of drug-likeness (QED) is 0.603. The minimum absolute atomic E-state index is 0.0797. The van der Waals surface area contributed by atoms with Gasteiger partial charge in [-0.1, -0.05) is 72.8 Å². The van der Waals surface area contributed by atoms with Crippen molar-refractivity contribution in [2.75, 3.05) is 7.11 Å². The third-order valence-corrected chi connectivity index (χ3v) is 6.67. The van der Waals surface area contributed by atoms with Crippen molar-refractivity contribution >= 4 is 28.3 Å². The smallest absolute Gasteiger partial charge is 0.336 e. The Hall–Kier alpha value is -3.60. The Kier molecular flexibility index (Phi) is 5.39. The van der Waals surface area contributed by atoms with E-state index in [1.165, 1.54) is 7.11 Å². The predicted molar refractivity (Wildman–Crippen MR) is 125 cm³/mol. The first-order valence-corrected chi connectivity index (χ1v) is 11.1. The van der Waals surface area contributed by atoms with Gasteiger partial charge in [0.2, 0.25) is 0 Å². The summed E-state index contributed by atoms with van der Waals surface area (Å²) in [5, 5.41) is 5.40. The van der Waals surface area contributed by atoms with Crippen LogP contribution in [0.1, 0.15) is 30.4 Å². The summed E-state index contributed by atoms with van der Waals surface area (Å²) in [5.41, 5.74) is 3.73. The summed E-state index contributed by atoms with van der Waals surface area (Å²) in [6, 6.07) is 24.0. The van der Waals surface area contributed by atoms with Gasteiger partial charge in [-0.15, -0.1) is 0 Å². The maximum absolute atomic E-state index is 13.3. The Balaban J connectivity index is 1.42. The molecule has 0 spiro atoms. The highest BCUT2D eigenvalue weighted by Crippen LogP contribution is 2.43. The lowest BCUT2D eigenvalue weighted by Gasteiger charge is -2.37. The zero-order valence-corrected chi connectivity index (χ0v) is 18.1. The highest BCUT2D eigenvalue weighted by Gasteiger charge is 2.46. The van der Waals surface area contributed by atoms with Crippen molar-refractivity contribution in [2.24, 2.45) is 0 Å². The Labute approximate surface area is 187 Å². The SMILES string of the molecule is COC(=O)C1=C(c2ccccc2)C[C@@H]2CC[C@H]1N2C(=O)NCc1cccc2ccccc12. The van der Waals surface area contributed by atoms with Crippen molar-refractivity contribution in [2.45, 2.75) is 37.9 Å². The number of amides is 2. The average molecular weight is 427 g/mol. The third kappa shape index (κ3) is 3.54. The van der Waals surface area contributed by atoms with E-state index >= 15 is 0 Å². The van der Waals surface area contributed by atoms with Crippen molar-refractivity contribution in [3.05, 3.63) is 89.5 Å². The second-order valence-corrected chi connectivity index (χ2v) is 8.41. The number of ether oxygens (including phenoxy) is 1. The summed E-state index contributed by atoms with van der Waals surface area (Å²) in [6.07, 6.45) is 2.31. The zero-order chi connectivity index (χ0) is 22.1. The first kappa shape index (κ1) is 20.3. The van der Waals surface area contributed by atoms with Gasteiger partial charge in [0.05, 0.1) is 18.7 Å². The number of benzene rings is 3. The van der Waals surface area contributed by atoms with Crippen LogP contribution in [0.3, 0.4) is 0 Å². The minimum Gasteiger partial charge on any atom is -0.466 e. The van der Waals surface area contributed by atoms with E-state index in [1.807, 2.05) is 59.5 Å². The van der Waals surface area contributed by atoms with Crippen LogP contribution >= 0.6 is 0 Å². The van der Waals surface area contributed by atoms with Gasteiger partial charge < -0.3 is 15.0 Å². The number of hydrogen-bond acceptors (Lipinski definition) is 3. The molecule has 0 unspecified atom stereocenters. The number of rotatable bonds is 4. The van der Waals surface area contributed by atoms with Gasteiger partial charge in [-0.2, -0.15) is 0 Å². The molecule has 2 aliphatic rings. The zero-order valence-electron chi connectivity index (χ0n) is 18.1. The van der Waals surface area contributed by atoms with Crippen LogP contribution in [-0.2, 0) is 16.1 Å². The van der Waals surface area contributed by atoms with Crippen LogP contribution < -0.4 is 5.32 Å². The van der Waals surface area contributed by atoms with E-state index in [4.69, 9.17) is 4.74 Å². The van der Waals surface area contributed by atoms with Gasteiger partial charge in [0.25, 0.3) is 0 Å². The number of urea groups is 1. The van der Waals surface area contributed by atoms with Gasteiger partial charge in [0.1, 0.15) is 0 Å². The normalized spacial score (nSPS) is 19.8. The molecule has 5 rings (SSSR count). The second-order valence-electron chi connectivity index (χ2n) is 8.41. The molecule has 5 heteroatoms. The van der Waals surface area contributed by atoms with Crippen molar-refractivity contribution in [3.8, 4) is 0 Å². The van der Waals surface area contributed by atoms with E-state index < -0.39 is 0 Å².